The van der Waals surface area contributed by atoms with Crippen LogP contribution < -0.4 is 11.3 Å². The minimum atomic E-state index is 0.0656. The van der Waals surface area contributed by atoms with Crippen molar-refractivity contribution in [1.82, 2.24) is 5.43 Å². The topological polar surface area (TPSA) is 38.0 Å². The highest BCUT2D eigenvalue weighted by Crippen LogP contribution is 2.11. The molecule has 0 saturated carbocycles. The molecule has 19 heavy (non-hydrogen) atoms. The molecule has 0 bridgehead atoms. The Balaban J connectivity index is 2.44. The number of hydrazine groups is 1. The van der Waals surface area contributed by atoms with E-state index in [4.69, 9.17) is 5.84 Å². The van der Waals surface area contributed by atoms with E-state index in [1.807, 2.05) is 0 Å². The lowest BCUT2D eigenvalue weighted by Crippen LogP contribution is -2.35. The second-order valence-corrected chi connectivity index (χ2v) is 6.14. The lowest BCUT2D eigenvalue weighted by atomic mass is 9.97. The summed E-state index contributed by atoms with van der Waals surface area (Å²) in [6.45, 7) is 8.47. The fourth-order valence-corrected chi connectivity index (χ4v) is 1.78. The number of benzene rings is 1. The quantitative estimate of drug-likeness (QED) is 0.483. The van der Waals surface area contributed by atoms with Crippen LogP contribution in [-0.4, -0.2) is 6.04 Å². The zero-order chi connectivity index (χ0) is 14.3. The van der Waals surface area contributed by atoms with Crippen molar-refractivity contribution in [2.24, 2.45) is 11.3 Å². The molecule has 0 saturated heterocycles. The molecule has 1 unspecified atom stereocenters. The summed E-state index contributed by atoms with van der Waals surface area (Å²) >= 11 is 0. The molecular weight excluding hydrogens is 232 g/mol. The molecule has 2 heteroatoms. The summed E-state index contributed by atoms with van der Waals surface area (Å²) in [4.78, 5) is 0. The van der Waals surface area contributed by atoms with Crippen LogP contribution in [0.2, 0.25) is 0 Å². The van der Waals surface area contributed by atoms with Crippen molar-refractivity contribution in [1.29, 1.82) is 0 Å². The molecule has 0 fully saturated rings. The second-order valence-electron chi connectivity index (χ2n) is 6.14. The van der Waals surface area contributed by atoms with Gasteiger partial charge in [-0.15, -0.1) is 5.92 Å². The molecular formula is C17H26N2. The third-order valence-corrected chi connectivity index (χ3v) is 2.95. The Hall–Kier alpha value is -1.30. The van der Waals surface area contributed by atoms with Crippen LogP contribution in [0.5, 0.6) is 0 Å². The van der Waals surface area contributed by atoms with Crippen molar-refractivity contribution >= 4 is 0 Å². The van der Waals surface area contributed by atoms with E-state index >= 15 is 0 Å². The van der Waals surface area contributed by atoms with Crippen LogP contribution in [0.3, 0.4) is 0 Å². The molecule has 0 heterocycles. The third-order valence-electron chi connectivity index (χ3n) is 2.95. The van der Waals surface area contributed by atoms with Gasteiger partial charge in [-0.25, -0.2) is 0 Å². The first-order chi connectivity index (χ1) is 8.90. The highest BCUT2D eigenvalue weighted by Gasteiger charge is 2.07. The molecule has 1 rings (SSSR count). The molecule has 0 aliphatic rings. The van der Waals surface area contributed by atoms with Crippen LogP contribution in [0.4, 0.5) is 0 Å². The summed E-state index contributed by atoms with van der Waals surface area (Å²) in [5, 5.41) is 0. The van der Waals surface area contributed by atoms with Gasteiger partial charge in [-0.05, 0) is 46.1 Å². The smallest absolute Gasteiger partial charge is 0.0323 e. The number of aryl methyl sites for hydroxylation is 2. The molecule has 0 amide bonds. The molecule has 0 radical (unpaired) electrons. The Kier molecular flexibility index (Phi) is 6.08. The summed E-state index contributed by atoms with van der Waals surface area (Å²) in [6, 6.07) is 8.93. The van der Waals surface area contributed by atoms with E-state index in [0.29, 0.717) is 0 Å². The van der Waals surface area contributed by atoms with Gasteiger partial charge in [-0.3, -0.25) is 11.3 Å². The third kappa shape index (κ3) is 7.00. The summed E-state index contributed by atoms with van der Waals surface area (Å²) in [5.41, 5.74) is 5.59. The molecule has 2 nitrogen and oxygen atoms in total. The Labute approximate surface area is 117 Å². The van der Waals surface area contributed by atoms with Gasteiger partial charge in [0, 0.05) is 17.9 Å². The van der Waals surface area contributed by atoms with Gasteiger partial charge in [0.05, 0.1) is 0 Å². The molecule has 1 aromatic carbocycles. The van der Waals surface area contributed by atoms with Crippen molar-refractivity contribution in [3.05, 3.63) is 35.4 Å². The number of rotatable bonds is 5. The van der Waals surface area contributed by atoms with Gasteiger partial charge in [0.25, 0.3) is 0 Å². The predicted octanol–water partition coefficient (Wildman–Crippen LogP) is 3.20. The van der Waals surface area contributed by atoms with E-state index in [-0.39, 0.29) is 11.5 Å². The average Bonchev–Trinajstić information content (AvgIpc) is 2.34. The first kappa shape index (κ1) is 15.8. The van der Waals surface area contributed by atoms with Crippen molar-refractivity contribution in [2.45, 2.75) is 53.0 Å². The number of nitrogens with two attached hydrogens (primary N) is 1. The molecule has 1 atom stereocenters. The SMILES string of the molecule is Cc1ccc(CCC(CC#CC(C)(C)C)NN)cc1. The molecule has 0 aliphatic carbocycles. The average molecular weight is 258 g/mol. The zero-order valence-electron chi connectivity index (χ0n) is 12.6. The number of hydrogen-bond acceptors (Lipinski definition) is 2. The van der Waals surface area contributed by atoms with Gasteiger partial charge in [0.1, 0.15) is 0 Å². The minimum absolute atomic E-state index is 0.0656. The minimum Gasteiger partial charge on any atom is -0.271 e. The highest BCUT2D eigenvalue weighted by molar-refractivity contribution is 5.21. The van der Waals surface area contributed by atoms with Gasteiger partial charge < -0.3 is 0 Å². The van der Waals surface area contributed by atoms with E-state index in [1.54, 1.807) is 0 Å². The van der Waals surface area contributed by atoms with E-state index in [0.717, 1.165) is 19.3 Å². The lowest BCUT2D eigenvalue weighted by molar-refractivity contribution is 0.502. The Morgan fingerprint density at radius 2 is 1.84 bits per heavy atom. The van der Waals surface area contributed by atoms with E-state index in [2.05, 4.69) is 69.2 Å². The van der Waals surface area contributed by atoms with Crippen molar-refractivity contribution in [3.63, 3.8) is 0 Å². The van der Waals surface area contributed by atoms with Crippen molar-refractivity contribution in [2.75, 3.05) is 0 Å². The first-order valence-corrected chi connectivity index (χ1v) is 6.92. The van der Waals surface area contributed by atoms with E-state index < -0.39 is 0 Å². The van der Waals surface area contributed by atoms with Gasteiger partial charge in [-0.1, -0.05) is 35.7 Å². The largest absolute Gasteiger partial charge is 0.271 e. The van der Waals surface area contributed by atoms with Crippen LogP contribution in [0.25, 0.3) is 0 Å². The van der Waals surface area contributed by atoms with Crippen LogP contribution >= 0.6 is 0 Å². The van der Waals surface area contributed by atoms with Crippen LogP contribution in [0, 0.1) is 24.2 Å². The summed E-state index contributed by atoms with van der Waals surface area (Å²) in [6.07, 6.45) is 2.85. The molecule has 3 N–H and O–H groups in total. The van der Waals surface area contributed by atoms with Gasteiger partial charge in [0.15, 0.2) is 0 Å². The normalized spacial score (nSPS) is 12.7. The molecule has 1 aromatic rings. The summed E-state index contributed by atoms with van der Waals surface area (Å²) in [7, 11) is 0. The van der Waals surface area contributed by atoms with Gasteiger partial charge in [0.2, 0.25) is 0 Å². The van der Waals surface area contributed by atoms with E-state index in [9.17, 15) is 0 Å². The Bertz CT molecular complexity index is 429. The second kappa shape index (κ2) is 7.33. The molecule has 104 valence electrons. The van der Waals surface area contributed by atoms with Crippen LogP contribution in [-0.2, 0) is 6.42 Å². The van der Waals surface area contributed by atoms with Gasteiger partial charge in [-0.2, -0.15) is 0 Å². The lowest BCUT2D eigenvalue weighted by Gasteiger charge is -2.13. The number of nitrogens with one attached hydrogen (secondary N) is 1. The predicted molar refractivity (Wildman–Crippen MR) is 82.5 cm³/mol. The zero-order valence-corrected chi connectivity index (χ0v) is 12.6. The maximum absolute atomic E-state index is 5.59. The van der Waals surface area contributed by atoms with Crippen LogP contribution in [0.15, 0.2) is 24.3 Å². The maximum Gasteiger partial charge on any atom is 0.0323 e. The van der Waals surface area contributed by atoms with Crippen molar-refractivity contribution < 1.29 is 0 Å². The highest BCUT2D eigenvalue weighted by atomic mass is 15.2. The Morgan fingerprint density at radius 3 is 2.37 bits per heavy atom. The summed E-state index contributed by atoms with van der Waals surface area (Å²) in [5.74, 6) is 12.1. The first-order valence-electron chi connectivity index (χ1n) is 6.92. The molecule has 0 aromatic heterocycles. The summed E-state index contributed by atoms with van der Waals surface area (Å²) < 4.78 is 0. The Morgan fingerprint density at radius 1 is 1.21 bits per heavy atom. The molecule has 0 spiro atoms. The molecule has 0 aliphatic heterocycles. The fraction of sp³-hybridized carbons (Fsp3) is 0.529. The van der Waals surface area contributed by atoms with Crippen LogP contribution in [0.1, 0.15) is 44.7 Å². The fourth-order valence-electron chi connectivity index (χ4n) is 1.78. The van der Waals surface area contributed by atoms with Crippen molar-refractivity contribution in [3.8, 4) is 11.8 Å². The standard InChI is InChI=1S/C17H26N2/c1-14-7-9-15(10-8-14)11-12-16(19-18)6-5-13-17(2,3)4/h7-10,16,19H,6,11-12,18H2,1-4H3. The number of hydrogen-bond donors (Lipinski definition) is 2. The van der Waals surface area contributed by atoms with Gasteiger partial charge >= 0.3 is 0 Å². The monoisotopic (exact) mass is 258 g/mol. The maximum atomic E-state index is 5.59. The van der Waals surface area contributed by atoms with E-state index in [1.165, 1.54) is 11.1 Å².